The van der Waals surface area contributed by atoms with Crippen LogP contribution in [0.25, 0.3) is 0 Å². The van der Waals surface area contributed by atoms with Gasteiger partial charge >= 0.3 is 0 Å². The van der Waals surface area contributed by atoms with Gasteiger partial charge in [-0.2, -0.15) is 0 Å². The molecule has 1 aliphatic heterocycles. The Labute approximate surface area is 102 Å². The average Bonchev–Trinajstić information content (AvgIpc) is 3.04. The number of halogens is 1. The van der Waals surface area contributed by atoms with Crippen LogP contribution >= 0.6 is 15.9 Å². The van der Waals surface area contributed by atoms with Gasteiger partial charge < -0.3 is 0 Å². The van der Waals surface area contributed by atoms with Gasteiger partial charge in [0.2, 0.25) is 0 Å². The molecule has 0 atom stereocenters. The molecule has 0 radical (unpaired) electrons. The van der Waals surface area contributed by atoms with Crippen LogP contribution in [0.1, 0.15) is 44.9 Å². The van der Waals surface area contributed by atoms with Crippen molar-refractivity contribution in [2.75, 3.05) is 18.4 Å². The minimum absolute atomic E-state index is 0.751. The monoisotopic (exact) mass is 271 g/mol. The van der Waals surface area contributed by atoms with Gasteiger partial charge in [0, 0.05) is 17.9 Å². The second-order valence-corrected chi connectivity index (χ2v) is 6.70. The van der Waals surface area contributed by atoms with Crippen molar-refractivity contribution in [1.29, 1.82) is 0 Å². The molecular formula is C13H22BrN. The van der Waals surface area contributed by atoms with E-state index in [1.807, 2.05) is 0 Å². The van der Waals surface area contributed by atoms with Crippen LogP contribution in [-0.4, -0.2) is 29.4 Å². The molecule has 0 unspecified atom stereocenters. The number of likely N-dealkylation sites (tertiary alicyclic amines) is 1. The van der Waals surface area contributed by atoms with Gasteiger partial charge in [-0.05, 0) is 62.8 Å². The lowest BCUT2D eigenvalue weighted by atomic mass is 9.70. The summed E-state index contributed by atoms with van der Waals surface area (Å²) in [5.74, 6) is 0.977. The third-order valence-electron chi connectivity index (χ3n) is 4.92. The van der Waals surface area contributed by atoms with Gasteiger partial charge in [-0.15, -0.1) is 0 Å². The van der Waals surface area contributed by atoms with E-state index in [-0.39, 0.29) is 0 Å². The number of alkyl halides is 1. The quantitative estimate of drug-likeness (QED) is 0.696. The van der Waals surface area contributed by atoms with E-state index in [1.165, 1.54) is 63.4 Å². The second kappa shape index (κ2) is 4.03. The van der Waals surface area contributed by atoms with Gasteiger partial charge in [-0.25, -0.2) is 0 Å². The Balaban J connectivity index is 1.57. The van der Waals surface area contributed by atoms with Gasteiger partial charge in [0.05, 0.1) is 0 Å². The summed E-state index contributed by atoms with van der Waals surface area (Å²) in [5.41, 5.74) is 0.751. The molecule has 1 spiro atoms. The van der Waals surface area contributed by atoms with Crippen molar-refractivity contribution >= 4 is 15.9 Å². The van der Waals surface area contributed by atoms with E-state index < -0.39 is 0 Å². The minimum atomic E-state index is 0.751. The highest BCUT2D eigenvalue weighted by Gasteiger charge is 2.44. The highest BCUT2D eigenvalue weighted by Crippen LogP contribution is 2.47. The Hall–Kier alpha value is 0.440. The fourth-order valence-corrected chi connectivity index (χ4v) is 4.22. The molecule has 0 amide bonds. The summed E-state index contributed by atoms with van der Waals surface area (Å²) >= 11 is 3.64. The zero-order chi connectivity index (χ0) is 10.3. The van der Waals surface area contributed by atoms with E-state index in [9.17, 15) is 0 Å². The molecule has 3 fully saturated rings. The molecule has 1 heterocycles. The van der Waals surface area contributed by atoms with Crippen molar-refractivity contribution in [3.63, 3.8) is 0 Å². The predicted octanol–water partition coefficient (Wildman–Crippen LogP) is 3.43. The van der Waals surface area contributed by atoms with Crippen molar-refractivity contribution in [2.24, 2.45) is 11.3 Å². The molecule has 0 aromatic heterocycles. The Kier molecular flexibility index (Phi) is 2.84. The summed E-state index contributed by atoms with van der Waals surface area (Å²) in [5, 5.41) is 1.23. The van der Waals surface area contributed by atoms with Crippen molar-refractivity contribution in [1.82, 2.24) is 4.90 Å². The van der Waals surface area contributed by atoms with Gasteiger partial charge in [-0.1, -0.05) is 15.9 Å². The van der Waals surface area contributed by atoms with E-state index in [2.05, 4.69) is 20.8 Å². The zero-order valence-electron chi connectivity index (χ0n) is 9.55. The molecule has 0 aromatic carbocycles. The van der Waals surface area contributed by atoms with Gasteiger partial charge in [0.15, 0.2) is 0 Å². The van der Waals surface area contributed by atoms with Crippen LogP contribution in [0.3, 0.4) is 0 Å². The third kappa shape index (κ3) is 2.12. The lowest BCUT2D eigenvalue weighted by Gasteiger charge is -2.37. The first kappa shape index (κ1) is 10.6. The molecule has 0 bridgehead atoms. The number of hydrogen-bond donors (Lipinski definition) is 0. The summed E-state index contributed by atoms with van der Waals surface area (Å²) in [6, 6.07) is 0.998. The Morgan fingerprint density at radius 3 is 2.40 bits per heavy atom. The maximum absolute atomic E-state index is 3.64. The summed E-state index contributed by atoms with van der Waals surface area (Å²) < 4.78 is 0. The maximum Gasteiger partial charge on any atom is 0.00966 e. The largest absolute Gasteiger partial charge is 0.300 e. The van der Waals surface area contributed by atoms with E-state index in [1.54, 1.807) is 0 Å². The van der Waals surface area contributed by atoms with Crippen LogP contribution in [0.4, 0.5) is 0 Å². The molecule has 2 heteroatoms. The average molecular weight is 272 g/mol. The molecule has 15 heavy (non-hydrogen) atoms. The van der Waals surface area contributed by atoms with E-state index in [4.69, 9.17) is 0 Å². The molecule has 0 aromatic rings. The Morgan fingerprint density at radius 2 is 1.80 bits per heavy atom. The fraction of sp³-hybridized carbons (Fsp3) is 1.00. The molecule has 3 rings (SSSR count). The first-order valence-electron chi connectivity index (χ1n) is 6.61. The summed E-state index contributed by atoms with van der Waals surface area (Å²) in [4.78, 5) is 2.79. The topological polar surface area (TPSA) is 3.24 Å². The lowest BCUT2D eigenvalue weighted by molar-refractivity contribution is 0.157. The number of rotatable bonds is 2. The first-order chi connectivity index (χ1) is 7.31. The van der Waals surface area contributed by atoms with E-state index in [0.29, 0.717) is 0 Å². The minimum Gasteiger partial charge on any atom is -0.300 e. The summed E-state index contributed by atoms with van der Waals surface area (Å²) in [7, 11) is 0. The predicted molar refractivity (Wildman–Crippen MR) is 67.4 cm³/mol. The molecule has 86 valence electrons. The van der Waals surface area contributed by atoms with Crippen molar-refractivity contribution in [3.05, 3.63) is 0 Å². The van der Waals surface area contributed by atoms with Crippen LogP contribution in [0.2, 0.25) is 0 Å². The van der Waals surface area contributed by atoms with Crippen LogP contribution < -0.4 is 0 Å². The molecule has 3 aliphatic rings. The molecule has 1 nitrogen and oxygen atoms in total. The van der Waals surface area contributed by atoms with Crippen LogP contribution in [0, 0.1) is 11.3 Å². The highest BCUT2D eigenvalue weighted by molar-refractivity contribution is 9.09. The Bertz CT molecular complexity index is 229. The lowest BCUT2D eigenvalue weighted by Crippen LogP contribution is -2.32. The highest BCUT2D eigenvalue weighted by atomic mass is 79.9. The number of hydrogen-bond acceptors (Lipinski definition) is 1. The first-order valence-corrected chi connectivity index (χ1v) is 7.73. The van der Waals surface area contributed by atoms with Crippen molar-refractivity contribution in [3.8, 4) is 0 Å². The molecule has 2 aliphatic carbocycles. The SMILES string of the molecule is BrCC1CCC2(CC1)CCN(C1CC1)C2. The smallest absolute Gasteiger partial charge is 0.00966 e. The van der Waals surface area contributed by atoms with E-state index in [0.717, 1.165) is 17.4 Å². The van der Waals surface area contributed by atoms with Crippen LogP contribution in [0.15, 0.2) is 0 Å². The fourth-order valence-electron chi connectivity index (χ4n) is 3.57. The van der Waals surface area contributed by atoms with Crippen LogP contribution in [-0.2, 0) is 0 Å². The maximum atomic E-state index is 3.64. The third-order valence-corrected chi connectivity index (χ3v) is 5.83. The van der Waals surface area contributed by atoms with Crippen molar-refractivity contribution < 1.29 is 0 Å². The van der Waals surface area contributed by atoms with Gasteiger partial charge in [-0.3, -0.25) is 4.90 Å². The molecular weight excluding hydrogens is 250 g/mol. The summed E-state index contributed by atoms with van der Waals surface area (Å²) in [6.45, 7) is 2.84. The molecule has 0 N–H and O–H groups in total. The van der Waals surface area contributed by atoms with Gasteiger partial charge in [0.1, 0.15) is 0 Å². The molecule has 1 saturated heterocycles. The summed E-state index contributed by atoms with van der Waals surface area (Å²) in [6.07, 6.45) is 10.4. The number of nitrogens with zero attached hydrogens (tertiary/aromatic N) is 1. The standard InChI is InChI=1S/C13H22BrN/c14-9-11-3-5-13(6-4-11)7-8-15(10-13)12-1-2-12/h11-12H,1-10H2. The van der Waals surface area contributed by atoms with Crippen molar-refractivity contribution in [2.45, 2.75) is 51.0 Å². The van der Waals surface area contributed by atoms with Crippen LogP contribution in [0.5, 0.6) is 0 Å². The second-order valence-electron chi connectivity index (χ2n) is 6.05. The van der Waals surface area contributed by atoms with Gasteiger partial charge in [0.25, 0.3) is 0 Å². The Morgan fingerprint density at radius 1 is 1.07 bits per heavy atom. The molecule has 2 saturated carbocycles. The van der Waals surface area contributed by atoms with E-state index >= 15 is 0 Å². The normalized spacial score (nSPS) is 42.6. The zero-order valence-corrected chi connectivity index (χ0v) is 11.1.